The normalized spacial score (nSPS) is 19.6. The second-order valence-electron chi connectivity index (χ2n) is 7.45. The first kappa shape index (κ1) is 18.4. The van der Waals surface area contributed by atoms with Crippen LogP contribution in [0.5, 0.6) is 5.75 Å². The quantitative estimate of drug-likeness (QED) is 0.670. The van der Waals surface area contributed by atoms with Crippen molar-refractivity contribution in [2.75, 3.05) is 19.7 Å². The monoisotopic (exact) mass is 398 g/mol. The van der Waals surface area contributed by atoms with E-state index in [4.69, 9.17) is 4.74 Å². The number of ether oxygens (including phenoxy) is 1. The van der Waals surface area contributed by atoms with Gasteiger partial charge in [0.25, 0.3) is 11.8 Å². The van der Waals surface area contributed by atoms with Crippen molar-refractivity contribution in [3.63, 3.8) is 0 Å². The number of carbonyl (C=O) groups excluding carboxylic acids is 2. The van der Waals surface area contributed by atoms with Crippen LogP contribution in [0.15, 0.2) is 78.9 Å². The molecule has 30 heavy (non-hydrogen) atoms. The van der Waals surface area contributed by atoms with Crippen LogP contribution in [0.2, 0.25) is 0 Å². The van der Waals surface area contributed by atoms with E-state index >= 15 is 0 Å². The number of fused-ring (bicyclic) bond motifs is 3. The standard InChI is InChI=1S/C25H22N2O3/c1-2-30-20-14-12-18(13-15-20)23(28)26-16-17-27-24(29)21-10-6-7-11-22(21)25(26,27)19-8-4-3-5-9-19/h3-15H,2,16-17H2,1H3. The van der Waals surface area contributed by atoms with Gasteiger partial charge in [0.2, 0.25) is 0 Å². The maximum atomic E-state index is 13.7. The molecule has 3 aromatic carbocycles. The Morgan fingerprint density at radius 3 is 2.37 bits per heavy atom. The Morgan fingerprint density at radius 1 is 0.933 bits per heavy atom. The van der Waals surface area contributed by atoms with E-state index in [1.165, 1.54) is 0 Å². The Labute approximate surface area is 175 Å². The topological polar surface area (TPSA) is 49.9 Å². The zero-order chi connectivity index (χ0) is 20.7. The van der Waals surface area contributed by atoms with Crippen molar-refractivity contribution in [2.45, 2.75) is 12.6 Å². The second kappa shape index (κ2) is 7.02. The van der Waals surface area contributed by atoms with E-state index < -0.39 is 5.66 Å². The van der Waals surface area contributed by atoms with Crippen molar-refractivity contribution < 1.29 is 14.3 Å². The smallest absolute Gasteiger partial charge is 0.256 e. The average molecular weight is 398 g/mol. The average Bonchev–Trinajstić information content (AvgIpc) is 3.31. The minimum atomic E-state index is -0.926. The minimum Gasteiger partial charge on any atom is -0.494 e. The molecule has 0 saturated carbocycles. The molecule has 2 amide bonds. The molecule has 2 heterocycles. The fourth-order valence-electron chi connectivity index (χ4n) is 4.73. The Bertz CT molecular complexity index is 1110. The van der Waals surface area contributed by atoms with Crippen LogP contribution in [0, 0.1) is 0 Å². The largest absolute Gasteiger partial charge is 0.494 e. The lowest BCUT2D eigenvalue weighted by atomic mass is 9.89. The summed E-state index contributed by atoms with van der Waals surface area (Å²) in [5.74, 6) is 0.599. The van der Waals surface area contributed by atoms with Crippen molar-refractivity contribution >= 4 is 11.8 Å². The van der Waals surface area contributed by atoms with Crippen molar-refractivity contribution in [3.05, 3.63) is 101 Å². The molecule has 150 valence electrons. The zero-order valence-electron chi connectivity index (χ0n) is 16.7. The molecule has 1 unspecified atom stereocenters. The first-order valence-electron chi connectivity index (χ1n) is 10.2. The number of carbonyl (C=O) groups is 2. The van der Waals surface area contributed by atoms with E-state index in [-0.39, 0.29) is 11.8 Å². The maximum Gasteiger partial charge on any atom is 0.256 e. The van der Waals surface area contributed by atoms with Gasteiger partial charge in [0.15, 0.2) is 5.66 Å². The van der Waals surface area contributed by atoms with Crippen LogP contribution in [-0.4, -0.2) is 41.3 Å². The molecule has 0 spiro atoms. The van der Waals surface area contributed by atoms with Crippen LogP contribution >= 0.6 is 0 Å². The van der Waals surface area contributed by atoms with Gasteiger partial charge in [-0.3, -0.25) is 9.59 Å². The highest BCUT2D eigenvalue weighted by molar-refractivity contribution is 6.03. The Morgan fingerprint density at radius 2 is 1.63 bits per heavy atom. The summed E-state index contributed by atoms with van der Waals surface area (Å²) in [7, 11) is 0. The van der Waals surface area contributed by atoms with Gasteiger partial charge in [-0.25, -0.2) is 0 Å². The Hall–Kier alpha value is -3.60. The van der Waals surface area contributed by atoms with Crippen molar-refractivity contribution in [3.8, 4) is 5.75 Å². The molecule has 2 aliphatic heterocycles. The second-order valence-corrected chi connectivity index (χ2v) is 7.45. The van der Waals surface area contributed by atoms with E-state index in [1.807, 2.05) is 83.5 Å². The molecule has 1 atom stereocenters. The fraction of sp³-hybridized carbons (Fsp3) is 0.200. The molecule has 5 nitrogen and oxygen atoms in total. The van der Waals surface area contributed by atoms with Crippen molar-refractivity contribution in [1.29, 1.82) is 0 Å². The van der Waals surface area contributed by atoms with E-state index in [0.29, 0.717) is 30.8 Å². The molecule has 1 saturated heterocycles. The first-order chi connectivity index (χ1) is 14.7. The van der Waals surface area contributed by atoms with E-state index in [9.17, 15) is 9.59 Å². The third-order valence-electron chi connectivity index (χ3n) is 5.94. The lowest BCUT2D eigenvalue weighted by Crippen LogP contribution is -2.51. The molecule has 0 radical (unpaired) electrons. The molecule has 0 N–H and O–H groups in total. The minimum absolute atomic E-state index is 0.0311. The molecular formula is C25H22N2O3. The zero-order valence-corrected chi connectivity index (χ0v) is 16.7. The number of rotatable bonds is 4. The third-order valence-corrected chi connectivity index (χ3v) is 5.94. The summed E-state index contributed by atoms with van der Waals surface area (Å²) in [6, 6.07) is 24.6. The highest BCUT2D eigenvalue weighted by Gasteiger charge is 2.59. The highest BCUT2D eigenvalue weighted by atomic mass is 16.5. The molecule has 2 aliphatic rings. The number of benzene rings is 3. The van der Waals surface area contributed by atoms with Gasteiger partial charge in [-0.15, -0.1) is 0 Å². The molecule has 0 aromatic heterocycles. The highest BCUT2D eigenvalue weighted by Crippen LogP contribution is 2.49. The van der Waals surface area contributed by atoms with Gasteiger partial charge in [0.1, 0.15) is 5.75 Å². The molecule has 0 bridgehead atoms. The molecular weight excluding hydrogens is 376 g/mol. The Balaban J connectivity index is 1.66. The maximum absolute atomic E-state index is 13.7. The van der Waals surface area contributed by atoms with Crippen LogP contribution in [0.3, 0.4) is 0 Å². The first-order valence-corrected chi connectivity index (χ1v) is 10.2. The number of hydrogen-bond donors (Lipinski definition) is 0. The van der Waals surface area contributed by atoms with Crippen molar-refractivity contribution in [2.24, 2.45) is 0 Å². The summed E-state index contributed by atoms with van der Waals surface area (Å²) in [5, 5.41) is 0. The van der Waals surface area contributed by atoms with E-state index in [0.717, 1.165) is 16.9 Å². The number of amides is 2. The van der Waals surface area contributed by atoms with Crippen molar-refractivity contribution in [1.82, 2.24) is 9.80 Å². The van der Waals surface area contributed by atoms with Crippen LogP contribution < -0.4 is 4.74 Å². The van der Waals surface area contributed by atoms with Gasteiger partial charge in [0, 0.05) is 35.3 Å². The summed E-state index contributed by atoms with van der Waals surface area (Å²) >= 11 is 0. The van der Waals surface area contributed by atoms with Gasteiger partial charge in [-0.1, -0.05) is 48.5 Å². The number of nitrogens with zero attached hydrogens (tertiary/aromatic N) is 2. The lowest BCUT2D eigenvalue weighted by Gasteiger charge is -2.40. The van der Waals surface area contributed by atoms with Crippen LogP contribution in [0.1, 0.15) is 38.8 Å². The fourth-order valence-corrected chi connectivity index (χ4v) is 4.73. The molecule has 5 rings (SSSR count). The van der Waals surface area contributed by atoms with Gasteiger partial charge < -0.3 is 14.5 Å². The van der Waals surface area contributed by atoms with Crippen LogP contribution in [-0.2, 0) is 5.66 Å². The van der Waals surface area contributed by atoms with Gasteiger partial charge >= 0.3 is 0 Å². The van der Waals surface area contributed by atoms with Gasteiger partial charge in [-0.05, 0) is 37.3 Å². The van der Waals surface area contributed by atoms with E-state index in [2.05, 4.69) is 0 Å². The lowest BCUT2D eigenvalue weighted by molar-refractivity contribution is 0.0375. The predicted octanol–water partition coefficient (Wildman–Crippen LogP) is 3.90. The molecule has 1 fully saturated rings. The number of hydrogen-bond acceptors (Lipinski definition) is 3. The molecule has 5 heteroatoms. The van der Waals surface area contributed by atoms with E-state index in [1.54, 1.807) is 12.1 Å². The van der Waals surface area contributed by atoms with Gasteiger partial charge in [-0.2, -0.15) is 0 Å². The van der Waals surface area contributed by atoms with Crippen LogP contribution in [0.4, 0.5) is 0 Å². The summed E-state index contributed by atoms with van der Waals surface area (Å²) in [5.41, 5.74) is 2.08. The SMILES string of the molecule is CCOc1ccc(C(=O)N2CCN3C(=O)c4ccccc4C23c2ccccc2)cc1. The Kier molecular flexibility index (Phi) is 4.31. The molecule has 0 aliphatic carbocycles. The summed E-state index contributed by atoms with van der Waals surface area (Å²) in [4.78, 5) is 30.6. The summed E-state index contributed by atoms with van der Waals surface area (Å²) in [6.45, 7) is 3.46. The van der Waals surface area contributed by atoms with Crippen LogP contribution in [0.25, 0.3) is 0 Å². The third kappa shape index (κ3) is 2.48. The summed E-state index contributed by atoms with van der Waals surface area (Å²) in [6.07, 6.45) is 0. The molecule has 3 aromatic rings. The summed E-state index contributed by atoms with van der Waals surface area (Å²) < 4.78 is 5.51. The van der Waals surface area contributed by atoms with Gasteiger partial charge in [0.05, 0.1) is 6.61 Å². The predicted molar refractivity (Wildman–Crippen MR) is 113 cm³/mol.